The molecule has 6 nitrogen and oxygen atoms in total. The Bertz CT molecular complexity index is 1080. The first-order valence-corrected chi connectivity index (χ1v) is 11.4. The number of ether oxygens (including phenoxy) is 2. The van der Waals surface area contributed by atoms with Crippen molar-refractivity contribution in [1.82, 2.24) is 4.90 Å². The standard InChI is InChI=1S/C26H29NO5/c1-2-3-17-4-5-20-13-26(30,32-24(20)11-17)22-7-6-19-10-18(16-31-23(19)12-22)14-27-9-8-21(15-27)25(28)29/h4-7,10-12,21,30H,2-3,8-9,13-16H2,1H3,(H,28,29). The zero-order chi connectivity index (χ0) is 22.3. The van der Waals surface area contributed by atoms with Crippen molar-refractivity contribution in [2.24, 2.45) is 5.92 Å². The van der Waals surface area contributed by atoms with Gasteiger partial charge in [-0.25, -0.2) is 0 Å². The van der Waals surface area contributed by atoms with Crippen molar-refractivity contribution in [3.05, 3.63) is 64.2 Å². The highest BCUT2D eigenvalue weighted by molar-refractivity contribution is 5.70. The van der Waals surface area contributed by atoms with Crippen LogP contribution in [0.1, 0.15) is 42.0 Å². The first kappa shape index (κ1) is 21.0. The highest BCUT2D eigenvalue weighted by Crippen LogP contribution is 2.42. The minimum atomic E-state index is -1.39. The van der Waals surface area contributed by atoms with Crippen LogP contribution >= 0.6 is 0 Å². The van der Waals surface area contributed by atoms with E-state index in [0.717, 1.165) is 47.6 Å². The number of aliphatic hydroxyl groups is 1. The molecule has 1 saturated heterocycles. The molecule has 0 amide bonds. The predicted molar refractivity (Wildman–Crippen MR) is 121 cm³/mol. The first-order chi connectivity index (χ1) is 15.4. The summed E-state index contributed by atoms with van der Waals surface area (Å²) in [7, 11) is 0. The molecule has 0 saturated carbocycles. The zero-order valence-electron chi connectivity index (χ0n) is 18.3. The van der Waals surface area contributed by atoms with Crippen LogP contribution in [-0.4, -0.2) is 47.3 Å². The Morgan fingerprint density at radius 1 is 1.22 bits per heavy atom. The molecule has 2 aromatic rings. The van der Waals surface area contributed by atoms with Crippen LogP contribution in [0.4, 0.5) is 0 Å². The van der Waals surface area contributed by atoms with Crippen molar-refractivity contribution in [3.63, 3.8) is 0 Å². The number of nitrogens with zero attached hydrogens (tertiary/aromatic N) is 1. The molecule has 0 aromatic heterocycles. The van der Waals surface area contributed by atoms with Gasteiger partial charge in [0.1, 0.15) is 18.1 Å². The summed E-state index contributed by atoms with van der Waals surface area (Å²) >= 11 is 0. The van der Waals surface area contributed by atoms with Gasteiger partial charge >= 0.3 is 5.97 Å². The average Bonchev–Trinajstić information content (AvgIpc) is 3.38. The maximum Gasteiger partial charge on any atom is 0.307 e. The molecule has 0 spiro atoms. The molecule has 0 aliphatic carbocycles. The molecule has 0 bridgehead atoms. The molecule has 2 atom stereocenters. The maximum absolute atomic E-state index is 11.3. The number of rotatable bonds is 6. The highest BCUT2D eigenvalue weighted by Gasteiger charge is 2.40. The van der Waals surface area contributed by atoms with Crippen LogP contribution in [0.5, 0.6) is 11.5 Å². The molecular weight excluding hydrogens is 406 g/mol. The number of aryl methyl sites for hydroxylation is 1. The first-order valence-electron chi connectivity index (χ1n) is 11.4. The van der Waals surface area contributed by atoms with Crippen LogP contribution in [0.25, 0.3) is 6.08 Å². The Morgan fingerprint density at radius 2 is 2.09 bits per heavy atom. The van der Waals surface area contributed by atoms with Crippen molar-refractivity contribution < 1.29 is 24.5 Å². The van der Waals surface area contributed by atoms with E-state index in [0.29, 0.717) is 38.1 Å². The average molecular weight is 436 g/mol. The van der Waals surface area contributed by atoms with E-state index in [4.69, 9.17) is 9.47 Å². The fraction of sp³-hybridized carbons (Fsp3) is 0.423. The summed E-state index contributed by atoms with van der Waals surface area (Å²) in [6.45, 7) is 4.71. The van der Waals surface area contributed by atoms with E-state index in [2.05, 4.69) is 30.0 Å². The lowest BCUT2D eigenvalue weighted by atomic mass is 9.96. The lowest BCUT2D eigenvalue weighted by Crippen LogP contribution is -2.31. The van der Waals surface area contributed by atoms with Gasteiger partial charge in [-0.1, -0.05) is 37.6 Å². The van der Waals surface area contributed by atoms with Crippen LogP contribution in [0.15, 0.2) is 42.0 Å². The molecule has 2 aromatic carbocycles. The second-order valence-corrected chi connectivity index (χ2v) is 9.16. The second-order valence-electron chi connectivity index (χ2n) is 9.16. The minimum Gasteiger partial charge on any atom is -0.489 e. The largest absolute Gasteiger partial charge is 0.489 e. The zero-order valence-corrected chi connectivity index (χ0v) is 18.3. The summed E-state index contributed by atoms with van der Waals surface area (Å²) in [5, 5.41) is 20.5. The lowest BCUT2D eigenvalue weighted by Gasteiger charge is -2.26. The highest BCUT2D eigenvalue weighted by atomic mass is 16.6. The Labute approximate surface area is 188 Å². The van der Waals surface area contributed by atoms with Crippen molar-refractivity contribution in [2.75, 3.05) is 26.2 Å². The van der Waals surface area contributed by atoms with Crippen LogP contribution in [0, 0.1) is 5.92 Å². The van der Waals surface area contributed by atoms with Gasteiger partial charge < -0.3 is 19.7 Å². The van der Waals surface area contributed by atoms with E-state index in [1.165, 1.54) is 5.56 Å². The summed E-state index contributed by atoms with van der Waals surface area (Å²) < 4.78 is 12.0. The molecule has 2 unspecified atom stereocenters. The van der Waals surface area contributed by atoms with Crippen LogP contribution < -0.4 is 9.47 Å². The number of hydrogen-bond donors (Lipinski definition) is 2. The van der Waals surface area contributed by atoms with Crippen LogP contribution in [0.2, 0.25) is 0 Å². The Hall–Kier alpha value is -2.83. The number of carbonyl (C=O) groups is 1. The van der Waals surface area contributed by atoms with Gasteiger partial charge in [-0.15, -0.1) is 0 Å². The van der Waals surface area contributed by atoms with Gasteiger partial charge in [0.25, 0.3) is 0 Å². The van der Waals surface area contributed by atoms with Gasteiger partial charge in [0, 0.05) is 36.2 Å². The fourth-order valence-electron chi connectivity index (χ4n) is 4.93. The molecule has 2 N–H and O–H groups in total. The molecule has 1 fully saturated rings. The fourth-order valence-corrected chi connectivity index (χ4v) is 4.93. The number of hydrogen-bond acceptors (Lipinski definition) is 5. The molecule has 168 valence electrons. The van der Waals surface area contributed by atoms with E-state index in [1.54, 1.807) is 0 Å². The quantitative estimate of drug-likeness (QED) is 0.722. The third-order valence-electron chi connectivity index (χ3n) is 6.66. The van der Waals surface area contributed by atoms with E-state index in [9.17, 15) is 15.0 Å². The molecule has 6 heteroatoms. The summed E-state index contributed by atoms with van der Waals surface area (Å²) in [6, 6.07) is 11.9. The van der Waals surface area contributed by atoms with Gasteiger partial charge in [0.15, 0.2) is 0 Å². The van der Waals surface area contributed by atoms with Crippen molar-refractivity contribution in [2.45, 2.75) is 38.4 Å². The van der Waals surface area contributed by atoms with E-state index < -0.39 is 11.8 Å². The smallest absolute Gasteiger partial charge is 0.307 e. The number of fused-ring (bicyclic) bond motifs is 2. The minimum absolute atomic E-state index is 0.274. The Kier molecular flexibility index (Phi) is 5.43. The predicted octanol–water partition coefficient (Wildman–Crippen LogP) is 3.60. The Morgan fingerprint density at radius 3 is 2.88 bits per heavy atom. The molecule has 0 radical (unpaired) electrons. The van der Waals surface area contributed by atoms with Crippen LogP contribution in [0.3, 0.4) is 0 Å². The summed E-state index contributed by atoms with van der Waals surface area (Å²) in [5.74, 6) is -0.892. The number of carboxylic acid groups (broad SMARTS) is 1. The summed E-state index contributed by atoms with van der Waals surface area (Å²) in [5.41, 5.74) is 5.01. The van der Waals surface area contributed by atoms with Crippen molar-refractivity contribution >= 4 is 12.0 Å². The van der Waals surface area contributed by atoms with Crippen molar-refractivity contribution in [1.29, 1.82) is 0 Å². The molecular formula is C26H29NO5. The molecule has 32 heavy (non-hydrogen) atoms. The maximum atomic E-state index is 11.3. The third-order valence-corrected chi connectivity index (χ3v) is 6.66. The molecule has 3 aliphatic heterocycles. The van der Waals surface area contributed by atoms with Gasteiger partial charge in [-0.3, -0.25) is 9.69 Å². The number of aliphatic carboxylic acids is 1. The molecule has 5 rings (SSSR count). The molecule has 3 aliphatic rings. The molecule has 3 heterocycles. The summed E-state index contributed by atoms with van der Waals surface area (Å²) in [6.07, 6.45) is 5.28. The third kappa shape index (κ3) is 4.00. The monoisotopic (exact) mass is 435 g/mol. The van der Waals surface area contributed by atoms with E-state index in [1.807, 2.05) is 24.3 Å². The van der Waals surface area contributed by atoms with E-state index in [-0.39, 0.29) is 5.92 Å². The SMILES string of the molecule is CCCc1ccc2c(c1)OC(O)(c1ccc3c(c1)OCC(CN1CCC(C(=O)O)C1)=C3)C2. The van der Waals surface area contributed by atoms with E-state index >= 15 is 0 Å². The van der Waals surface area contributed by atoms with Crippen molar-refractivity contribution in [3.8, 4) is 11.5 Å². The topological polar surface area (TPSA) is 79.2 Å². The van der Waals surface area contributed by atoms with Gasteiger partial charge in [-0.2, -0.15) is 0 Å². The number of benzene rings is 2. The number of likely N-dealkylation sites (tertiary alicyclic amines) is 1. The normalized spacial score (nSPS) is 24.3. The van der Waals surface area contributed by atoms with Gasteiger partial charge in [-0.05, 0) is 48.7 Å². The second kappa shape index (κ2) is 8.26. The van der Waals surface area contributed by atoms with Gasteiger partial charge in [0.2, 0.25) is 5.79 Å². The number of carboxylic acids is 1. The lowest BCUT2D eigenvalue weighted by molar-refractivity contribution is -0.141. The summed E-state index contributed by atoms with van der Waals surface area (Å²) in [4.78, 5) is 13.4. The van der Waals surface area contributed by atoms with Gasteiger partial charge in [0.05, 0.1) is 5.92 Å². The Balaban J connectivity index is 1.30. The van der Waals surface area contributed by atoms with Crippen LogP contribution in [-0.2, 0) is 23.4 Å².